The van der Waals surface area contributed by atoms with E-state index in [-0.39, 0.29) is 24.7 Å². The molecule has 0 bridgehead atoms. The van der Waals surface area contributed by atoms with Crippen molar-refractivity contribution in [1.29, 1.82) is 0 Å². The Balaban J connectivity index is 1.37. The lowest BCUT2D eigenvalue weighted by molar-refractivity contribution is 0.0964. The van der Waals surface area contributed by atoms with Crippen molar-refractivity contribution in [2.75, 3.05) is 23.4 Å². The van der Waals surface area contributed by atoms with Crippen molar-refractivity contribution in [2.45, 2.75) is 52.3 Å². The summed E-state index contributed by atoms with van der Waals surface area (Å²) in [6.07, 6.45) is 6.09. The van der Waals surface area contributed by atoms with Crippen molar-refractivity contribution in [3.8, 4) is 11.1 Å². The minimum absolute atomic E-state index is 0.0346. The third-order valence-electron chi connectivity index (χ3n) is 8.07. The topological polar surface area (TPSA) is 118 Å². The van der Waals surface area contributed by atoms with E-state index in [0.29, 0.717) is 35.8 Å². The molecule has 10 heteroatoms. The highest BCUT2D eigenvalue weighted by Crippen LogP contribution is 2.35. The van der Waals surface area contributed by atoms with E-state index in [1.54, 1.807) is 28.9 Å². The zero-order valence-electron chi connectivity index (χ0n) is 22.9. The summed E-state index contributed by atoms with van der Waals surface area (Å²) in [6.45, 7) is 3.20. The molecule has 3 N–H and O–H groups in total. The Morgan fingerprint density at radius 3 is 2.67 bits per heavy atom. The molecule has 0 unspecified atom stereocenters. The van der Waals surface area contributed by atoms with Crippen molar-refractivity contribution in [3.05, 3.63) is 81.2 Å². The van der Waals surface area contributed by atoms with Gasteiger partial charge in [-0.25, -0.2) is 0 Å². The van der Waals surface area contributed by atoms with Gasteiger partial charge in [0.1, 0.15) is 11.4 Å². The minimum atomic E-state index is -0.261. The number of nitrogens with zero attached hydrogens (tertiary/aromatic N) is 5. The number of fused-ring (bicyclic) bond motifs is 3. The SMILES string of the molecule is Cc1cc(Nc2cc(-c3cccc(N4CCn5c(cc6c5CCCC6)C4=O)c3CO)cn(C)c2=O)nn1CCO. The second-order valence-corrected chi connectivity index (χ2v) is 10.6. The second kappa shape index (κ2) is 10.4. The number of aryl methyl sites for hydroxylation is 3. The van der Waals surface area contributed by atoms with Gasteiger partial charge in [0.2, 0.25) is 0 Å². The number of nitrogens with one attached hydrogen (secondary N) is 1. The van der Waals surface area contributed by atoms with Gasteiger partial charge < -0.3 is 29.6 Å². The largest absolute Gasteiger partial charge is 0.394 e. The zero-order valence-corrected chi connectivity index (χ0v) is 22.9. The molecule has 10 nitrogen and oxygen atoms in total. The number of aliphatic hydroxyl groups excluding tert-OH is 2. The van der Waals surface area contributed by atoms with Crippen LogP contribution in [0.1, 0.15) is 45.8 Å². The lowest BCUT2D eigenvalue weighted by atomic mass is 9.98. The van der Waals surface area contributed by atoms with Gasteiger partial charge in [-0.3, -0.25) is 14.3 Å². The summed E-state index contributed by atoms with van der Waals surface area (Å²) in [5.41, 5.74) is 7.05. The molecule has 1 aliphatic heterocycles. The van der Waals surface area contributed by atoms with Gasteiger partial charge in [0.25, 0.3) is 11.5 Å². The molecule has 1 aromatic carbocycles. The van der Waals surface area contributed by atoms with Crippen LogP contribution in [0.5, 0.6) is 0 Å². The van der Waals surface area contributed by atoms with Gasteiger partial charge in [-0.1, -0.05) is 12.1 Å². The molecule has 0 saturated heterocycles. The van der Waals surface area contributed by atoms with Crippen molar-refractivity contribution < 1.29 is 15.0 Å². The van der Waals surface area contributed by atoms with Crippen molar-refractivity contribution >= 4 is 23.1 Å². The first-order chi connectivity index (χ1) is 19.4. The van der Waals surface area contributed by atoms with Gasteiger partial charge in [-0.15, -0.1) is 0 Å². The molecule has 0 saturated carbocycles. The molecule has 0 spiro atoms. The molecule has 6 rings (SSSR count). The van der Waals surface area contributed by atoms with Crippen LogP contribution >= 0.6 is 0 Å². The maximum atomic E-state index is 13.7. The summed E-state index contributed by atoms with van der Waals surface area (Å²) in [6, 6.07) is 11.3. The van der Waals surface area contributed by atoms with E-state index in [9.17, 15) is 19.8 Å². The number of hydrogen-bond donors (Lipinski definition) is 3. The van der Waals surface area contributed by atoms with Crippen LogP contribution in [0.2, 0.25) is 0 Å². The van der Waals surface area contributed by atoms with E-state index in [1.165, 1.54) is 15.8 Å². The molecule has 0 radical (unpaired) electrons. The zero-order chi connectivity index (χ0) is 28.0. The standard InChI is InChI=1S/C30H34N6O4/c1-19-14-28(32-36(19)12-13-37)31-24-15-21(17-33(2)29(24)39)22-7-5-9-26(23(22)18-38)35-11-10-34-25-8-4-3-6-20(25)16-27(34)30(35)40/h5,7,9,14-17,37-38H,3-4,6,8,10-13,18H2,1-2H3,(H,31,32). The highest BCUT2D eigenvalue weighted by atomic mass is 16.3. The number of pyridine rings is 1. The first kappa shape index (κ1) is 26.1. The normalized spacial score (nSPS) is 14.8. The first-order valence-corrected chi connectivity index (χ1v) is 13.8. The molecule has 2 aliphatic rings. The molecule has 4 aromatic rings. The molecule has 0 fully saturated rings. The quantitative estimate of drug-likeness (QED) is 0.330. The summed E-state index contributed by atoms with van der Waals surface area (Å²) in [7, 11) is 1.68. The van der Waals surface area contributed by atoms with Crippen LogP contribution in [-0.2, 0) is 39.6 Å². The van der Waals surface area contributed by atoms with Crippen LogP contribution < -0.4 is 15.8 Å². The van der Waals surface area contributed by atoms with E-state index in [2.05, 4.69) is 21.0 Å². The predicted octanol–water partition coefficient (Wildman–Crippen LogP) is 3.13. The Labute approximate surface area is 232 Å². The molecular weight excluding hydrogens is 508 g/mol. The number of amides is 1. The number of hydrogen-bond acceptors (Lipinski definition) is 6. The first-order valence-electron chi connectivity index (χ1n) is 13.8. The third kappa shape index (κ3) is 4.43. The van der Waals surface area contributed by atoms with E-state index >= 15 is 0 Å². The average molecular weight is 543 g/mol. The Morgan fingerprint density at radius 1 is 1.05 bits per heavy atom. The van der Waals surface area contributed by atoms with Gasteiger partial charge in [0.05, 0.1) is 25.4 Å². The summed E-state index contributed by atoms with van der Waals surface area (Å²) in [4.78, 5) is 28.5. The Kier molecular flexibility index (Phi) is 6.81. The van der Waals surface area contributed by atoms with E-state index < -0.39 is 0 Å². The van der Waals surface area contributed by atoms with Gasteiger partial charge in [-0.2, -0.15) is 5.10 Å². The summed E-state index contributed by atoms with van der Waals surface area (Å²) >= 11 is 0. The predicted molar refractivity (Wildman–Crippen MR) is 153 cm³/mol. The molecule has 40 heavy (non-hydrogen) atoms. The average Bonchev–Trinajstić information content (AvgIpc) is 3.51. The number of carbonyl (C=O) groups is 1. The van der Waals surface area contributed by atoms with Crippen molar-refractivity contribution in [3.63, 3.8) is 0 Å². The fraction of sp³-hybridized carbons (Fsp3) is 0.367. The number of anilines is 3. The van der Waals surface area contributed by atoms with Crippen molar-refractivity contribution in [2.24, 2.45) is 7.05 Å². The smallest absolute Gasteiger partial charge is 0.274 e. The lowest BCUT2D eigenvalue weighted by Crippen LogP contribution is -2.41. The Bertz CT molecular complexity index is 1660. The summed E-state index contributed by atoms with van der Waals surface area (Å²) in [5.74, 6) is 0.449. The van der Waals surface area contributed by atoms with Gasteiger partial charge in [0, 0.05) is 54.9 Å². The number of aliphatic hydroxyl groups is 2. The number of carbonyl (C=O) groups excluding carboxylic acids is 1. The van der Waals surface area contributed by atoms with Crippen LogP contribution in [0.15, 0.2) is 47.4 Å². The summed E-state index contributed by atoms with van der Waals surface area (Å²) in [5, 5.41) is 27.4. The van der Waals surface area contributed by atoms with Crippen LogP contribution in [0.4, 0.5) is 17.2 Å². The van der Waals surface area contributed by atoms with Crippen LogP contribution in [0, 0.1) is 6.92 Å². The van der Waals surface area contributed by atoms with Gasteiger partial charge in [0.15, 0.2) is 5.82 Å². The van der Waals surface area contributed by atoms with E-state index in [4.69, 9.17) is 0 Å². The lowest BCUT2D eigenvalue weighted by Gasteiger charge is -2.31. The highest BCUT2D eigenvalue weighted by molar-refractivity contribution is 6.07. The number of aromatic nitrogens is 4. The number of benzene rings is 1. The fourth-order valence-electron chi connectivity index (χ4n) is 6.11. The maximum absolute atomic E-state index is 13.7. The monoisotopic (exact) mass is 542 g/mol. The van der Waals surface area contributed by atoms with Crippen LogP contribution in [0.3, 0.4) is 0 Å². The Hall–Kier alpha value is -4.15. The van der Waals surface area contributed by atoms with Gasteiger partial charge >= 0.3 is 0 Å². The van der Waals surface area contributed by atoms with Gasteiger partial charge in [-0.05, 0) is 61.9 Å². The fourth-order valence-corrected chi connectivity index (χ4v) is 6.11. The maximum Gasteiger partial charge on any atom is 0.274 e. The summed E-state index contributed by atoms with van der Waals surface area (Å²) < 4.78 is 5.35. The molecule has 3 aromatic heterocycles. The van der Waals surface area contributed by atoms with E-state index in [0.717, 1.165) is 54.7 Å². The highest BCUT2D eigenvalue weighted by Gasteiger charge is 2.31. The van der Waals surface area contributed by atoms with Crippen molar-refractivity contribution in [1.82, 2.24) is 18.9 Å². The molecule has 1 amide bonds. The third-order valence-corrected chi connectivity index (χ3v) is 8.07. The van der Waals surface area contributed by atoms with E-state index in [1.807, 2.05) is 31.2 Å². The van der Waals surface area contributed by atoms with Crippen LogP contribution in [-0.4, -0.2) is 48.2 Å². The molecule has 208 valence electrons. The molecule has 1 aliphatic carbocycles. The Morgan fingerprint density at radius 2 is 1.88 bits per heavy atom. The molecule has 4 heterocycles. The second-order valence-electron chi connectivity index (χ2n) is 10.6. The number of rotatable bonds is 7. The minimum Gasteiger partial charge on any atom is -0.394 e. The van der Waals surface area contributed by atoms with Crippen LogP contribution in [0.25, 0.3) is 11.1 Å². The molecular formula is C30H34N6O4. The molecule has 0 atom stereocenters.